The lowest BCUT2D eigenvalue weighted by Gasteiger charge is -2.28. The van der Waals surface area contributed by atoms with Crippen molar-refractivity contribution in [3.05, 3.63) is 66.2 Å². The van der Waals surface area contributed by atoms with E-state index in [4.69, 9.17) is 29.2 Å². The van der Waals surface area contributed by atoms with Gasteiger partial charge in [-0.2, -0.15) is 0 Å². The minimum atomic E-state index is -0.978. The van der Waals surface area contributed by atoms with Crippen molar-refractivity contribution in [1.29, 1.82) is 0 Å². The molecule has 0 aromatic heterocycles. The first-order valence-corrected chi connectivity index (χ1v) is 16.5. The highest BCUT2D eigenvalue weighted by Crippen LogP contribution is 2.28. The number of nitrogens with one attached hydrogen (secondary N) is 1. The first-order chi connectivity index (χ1) is 24.2. The molecule has 1 saturated heterocycles. The van der Waals surface area contributed by atoms with E-state index in [9.17, 15) is 24.0 Å². The molecule has 1 fully saturated rings. The van der Waals surface area contributed by atoms with Crippen LogP contribution < -0.4 is 14.8 Å². The van der Waals surface area contributed by atoms with Crippen LogP contribution in [0.3, 0.4) is 0 Å². The van der Waals surface area contributed by atoms with Crippen molar-refractivity contribution in [3.63, 3.8) is 0 Å². The number of carboxylic acids is 2. The largest absolute Gasteiger partial charge is 0.493 e. The number of carbonyl (C=O) groups excluding carboxylic acids is 4. The number of piperidine rings is 1. The fraction of sp³-hybridized carbons (Fsp3) is 0.474. The summed E-state index contributed by atoms with van der Waals surface area (Å²) < 4.78 is 15.3. The number of benzene rings is 2. The minimum Gasteiger partial charge on any atom is -0.493 e. The SMILES string of the molecule is C=CC=O.CN1CCCCC1C(=O)O.COCC(C)(C)C(=O)C=O.COc1ccc(CCCc2cccc(NC(=O)CCC(=O)O)c2)cc1OC. The van der Waals surface area contributed by atoms with Crippen LogP contribution in [0.5, 0.6) is 11.5 Å². The van der Waals surface area contributed by atoms with E-state index in [2.05, 4.69) is 11.9 Å². The van der Waals surface area contributed by atoms with E-state index < -0.39 is 23.1 Å². The van der Waals surface area contributed by atoms with Gasteiger partial charge in [-0.3, -0.25) is 33.7 Å². The lowest BCUT2D eigenvalue weighted by atomic mass is 9.90. The summed E-state index contributed by atoms with van der Waals surface area (Å²) in [5.41, 5.74) is 2.31. The van der Waals surface area contributed by atoms with Gasteiger partial charge in [0.05, 0.1) is 32.7 Å². The van der Waals surface area contributed by atoms with E-state index in [0.717, 1.165) is 56.4 Å². The first kappa shape index (κ1) is 46.1. The Morgan fingerprint density at radius 1 is 0.941 bits per heavy atom. The van der Waals surface area contributed by atoms with Crippen LogP contribution in [-0.2, 0) is 46.3 Å². The van der Waals surface area contributed by atoms with Gasteiger partial charge in [-0.05, 0) is 87.2 Å². The van der Waals surface area contributed by atoms with Gasteiger partial charge in [-0.15, -0.1) is 0 Å². The lowest BCUT2D eigenvalue weighted by molar-refractivity contribution is -0.144. The Kier molecular flexibility index (Phi) is 23.5. The number of Topliss-reactive ketones (excluding diaryl/α,β-unsaturated/α-hetero) is 1. The zero-order chi connectivity index (χ0) is 38.8. The smallest absolute Gasteiger partial charge is 0.320 e. The maximum Gasteiger partial charge on any atom is 0.320 e. The quantitative estimate of drug-likeness (QED) is 0.120. The van der Waals surface area contributed by atoms with E-state index in [0.29, 0.717) is 24.0 Å². The third-order valence-corrected chi connectivity index (χ3v) is 7.59. The molecule has 1 aliphatic heterocycles. The number of amides is 1. The monoisotopic (exact) mass is 714 g/mol. The number of allylic oxidation sites excluding steroid dienone is 1. The molecule has 1 amide bonds. The van der Waals surface area contributed by atoms with Crippen LogP contribution in [0.15, 0.2) is 55.1 Å². The van der Waals surface area contributed by atoms with Crippen LogP contribution >= 0.6 is 0 Å². The Morgan fingerprint density at radius 3 is 2.06 bits per heavy atom. The Bertz CT molecular complexity index is 1400. The van der Waals surface area contributed by atoms with Gasteiger partial charge in [0, 0.05) is 19.2 Å². The summed E-state index contributed by atoms with van der Waals surface area (Å²) in [7, 11) is 6.61. The second-order valence-corrected chi connectivity index (χ2v) is 12.2. The number of rotatable bonds is 16. The van der Waals surface area contributed by atoms with Gasteiger partial charge in [0.15, 0.2) is 17.8 Å². The average Bonchev–Trinajstić information content (AvgIpc) is 3.11. The number of likely N-dealkylation sites (tertiary alicyclic amines) is 1. The third kappa shape index (κ3) is 19.8. The number of likely N-dealkylation sites (N-methyl/N-ethyl adjacent to an activating group) is 1. The molecule has 1 atom stereocenters. The Morgan fingerprint density at radius 2 is 1.57 bits per heavy atom. The summed E-state index contributed by atoms with van der Waals surface area (Å²) in [6.45, 7) is 7.67. The first-order valence-electron chi connectivity index (χ1n) is 16.5. The number of anilines is 1. The topological polar surface area (TPSA) is 186 Å². The van der Waals surface area contributed by atoms with Crippen molar-refractivity contribution in [1.82, 2.24) is 4.90 Å². The molecule has 13 heteroatoms. The Labute approximate surface area is 301 Å². The van der Waals surface area contributed by atoms with E-state index in [1.807, 2.05) is 48.3 Å². The molecule has 13 nitrogen and oxygen atoms in total. The highest BCUT2D eigenvalue weighted by atomic mass is 16.5. The molecule has 3 N–H and O–H groups in total. The van der Waals surface area contributed by atoms with Crippen LogP contribution in [0.2, 0.25) is 0 Å². The molecule has 2 aromatic carbocycles. The van der Waals surface area contributed by atoms with Crippen LogP contribution in [0, 0.1) is 5.41 Å². The maximum absolute atomic E-state index is 11.7. The molecular weight excluding hydrogens is 660 g/mol. The number of ether oxygens (including phenoxy) is 3. The predicted molar refractivity (Wildman–Crippen MR) is 194 cm³/mol. The summed E-state index contributed by atoms with van der Waals surface area (Å²) in [5, 5.41) is 20.0. The molecule has 0 spiro atoms. The molecule has 0 aliphatic carbocycles. The number of aldehydes is 2. The van der Waals surface area contributed by atoms with Gasteiger partial charge in [-0.1, -0.05) is 45.0 Å². The second-order valence-electron chi connectivity index (χ2n) is 12.2. The van der Waals surface area contributed by atoms with Crippen LogP contribution in [-0.4, -0.2) is 98.9 Å². The number of ketones is 1. The number of nitrogens with zero attached hydrogens (tertiary/aromatic N) is 1. The number of aliphatic carboxylic acids is 2. The molecule has 2 aromatic rings. The highest BCUT2D eigenvalue weighted by molar-refractivity contribution is 6.27. The Balaban J connectivity index is 0.000000847. The van der Waals surface area contributed by atoms with E-state index >= 15 is 0 Å². The van der Waals surface area contributed by atoms with Gasteiger partial charge in [0.2, 0.25) is 11.7 Å². The molecule has 282 valence electrons. The summed E-state index contributed by atoms with van der Waals surface area (Å²) in [4.78, 5) is 64.6. The van der Waals surface area contributed by atoms with Gasteiger partial charge in [0.1, 0.15) is 12.3 Å². The van der Waals surface area contributed by atoms with E-state index in [1.165, 1.54) is 18.7 Å². The third-order valence-electron chi connectivity index (χ3n) is 7.59. The maximum atomic E-state index is 11.7. The fourth-order valence-electron chi connectivity index (χ4n) is 4.76. The zero-order valence-corrected chi connectivity index (χ0v) is 30.6. The van der Waals surface area contributed by atoms with E-state index in [1.54, 1.807) is 34.1 Å². The predicted octanol–water partition coefficient (Wildman–Crippen LogP) is 5.04. The van der Waals surface area contributed by atoms with Crippen molar-refractivity contribution in [2.24, 2.45) is 5.41 Å². The second kappa shape index (κ2) is 26.0. The van der Waals surface area contributed by atoms with Crippen LogP contribution in [0.25, 0.3) is 0 Å². The summed E-state index contributed by atoms with van der Waals surface area (Å²) >= 11 is 0. The molecule has 0 radical (unpaired) electrons. The van der Waals surface area contributed by atoms with E-state index in [-0.39, 0.29) is 31.4 Å². The average molecular weight is 715 g/mol. The van der Waals surface area contributed by atoms with Crippen LogP contribution in [0.4, 0.5) is 5.69 Å². The van der Waals surface area contributed by atoms with Gasteiger partial charge in [-0.25, -0.2) is 0 Å². The number of carboxylic acid groups (broad SMARTS) is 2. The molecule has 0 bridgehead atoms. The van der Waals surface area contributed by atoms with Crippen molar-refractivity contribution in [2.75, 3.05) is 46.8 Å². The fourth-order valence-corrected chi connectivity index (χ4v) is 4.76. The molecule has 51 heavy (non-hydrogen) atoms. The highest BCUT2D eigenvalue weighted by Gasteiger charge is 2.26. The number of hydrogen-bond acceptors (Lipinski definition) is 10. The van der Waals surface area contributed by atoms with Crippen molar-refractivity contribution in [2.45, 2.75) is 71.3 Å². The molecule has 3 rings (SSSR count). The summed E-state index contributed by atoms with van der Waals surface area (Å²) in [5.74, 6) is -0.931. The van der Waals surface area contributed by atoms with Gasteiger partial charge >= 0.3 is 11.9 Å². The zero-order valence-electron chi connectivity index (χ0n) is 30.6. The standard InChI is InChI=1S/C21H25NO5.C7H13NO2.C7H12O3.C3H4O/c1-26-18-10-9-16(14-19(18)27-2)6-3-5-15-7-4-8-17(13-15)22-20(23)11-12-21(24)25;1-8-5-3-2-4-6(8)7(9)10;1-7(2,5-10-3)6(9)4-8;1-2-3-4/h4,7-10,13-14H,3,5-6,11-12H2,1-2H3,(H,22,23)(H,24,25);6H,2-5H2,1H3,(H,9,10);4H,5H2,1-3H3;2-3H,1H2. The lowest BCUT2D eigenvalue weighted by Crippen LogP contribution is -2.41. The molecule has 1 heterocycles. The van der Waals surface area contributed by atoms with Crippen molar-refractivity contribution in [3.8, 4) is 11.5 Å². The number of aryl methyl sites for hydroxylation is 2. The van der Waals surface area contributed by atoms with Crippen LogP contribution in [0.1, 0.15) is 63.5 Å². The normalized spacial score (nSPS) is 13.6. The molecule has 1 aliphatic rings. The molecule has 0 saturated carbocycles. The Hall–Kier alpha value is -4.88. The molecular formula is C38H54N2O11. The number of carbonyl (C=O) groups is 6. The number of methoxy groups -OCH3 is 3. The number of hydrogen-bond donors (Lipinski definition) is 3. The van der Waals surface area contributed by atoms with Gasteiger partial charge in [0.25, 0.3) is 0 Å². The summed E-state index contributed by atoms with van der Waals surface area (Å²) in [6.07, 6.45) is 7.69. The summed E-state index contributed by atoms with van der Waals surface area (Å²) in [6, 6.07) is 13.3. The molecule has 1 unspecified atom stereocenters. The van der Waals surface area contributed by atoms with Crippen molar-refractivity contribution < 1.29 is 53.2 Å². The minimum absolute atomic E-state index is 0.0289. The van der Waals surface area contributed by atoms with Gasteiger partial charge < -0.3 is 29.7 Å². The van der Waals surface area contributed by atoms with Crippen molar-refractivity contribution >= 4 is 41.9 Å².